The fourth-order valence-corrected chi connectivity index (χ4v) is 2.50. The van der Waals surface area contributed by atoms with Crippen molar-refractivity contribution in [1.29, 1.82) is 0 Å². The first-order chi connectivity index (χ1) is 10.5. The van der Waals surface area contributed by atoms with Crippen LogP contribution in [-0.4, -0.2) is 42.8 Å². The Morgan fingerprint density at radius 2 is 2.00 bits per heavy atom. The van der Waals surface area contributed by atoms with Crippen molar-refractivity contribution in [2.75, 3.05) is 19.9 Å². The van der Waals surface area contributed by atoms with Crippen LogP contribution < -0.4 is 9.47 Å². The molecule has 2 rings (SSSR count). The standard InChI is InChI=1S/C16H21NO5/c1-11(17(12(2)18)6-7-20-13(3)19)8-14-4-5-15-16(9-14)22-10-21-15/h4-5,9,11H,6-8,10H2,1-3H3. The highest BCUT2D eigenvalue weighted by atomic mass is 16.7. The second-order valence-electron chi connectivity index (χ2n) is 5.29. The van der Waals surface area contributed by atoms with Gasteiger partial charge in [-0.25, -0.2) is 0 Å². The molecule has 1 heterocycles. The average Bonchev–Trinajstić information content (AvgIpc) is 2.90. The maximum absolute atomic E-state index is 11.8. The van der Waals surface area contributed by atoms with Gasteiger partial charge in [-0.15, -0.1) is 0 Å². The molecule has 1 aliphatic rings. The second-order valence-corrected chi connectivity index (χ2v) is 5.29. The minimum atomic E-state index is -0.341. The summed E-state index contributed by atoms with van der Waals surface area (Å²) in [5, 5.41) is 0. The van der Waals surface area contributed by atoms with E-state index in [1.165, 1.54) is 13.8 Å². The number of fused-ring (bicyclic) bond motifs is 1. The third-order valence-corrected chi connectivity index (χ3v) is 3.54. The van der Waals surface area contributed by atoms with Crippen molar-refractivity contribution in [2.45, 2.75) is 33.2 Å². The van der Waals surface area contributed by atoms with Gasteiger partial charge in [-0.3, -0.25) is 9.59 Å². The van der Waals surface area contributed by atoms with Crippen molar-refractivity contribution in [1.82, 2.24) is 4.90 Å². The summed E-state index contributed by atoms with van der Waals surface area (Å²) in [6.45, 7) is 5.69. The summed E-state index contributed by atoms with van der Waals surface area (Å²) in [7, 11) is 0. The van der Waals surface area contributed by atoms with Crippen LogP contribution in [0, 0.1) is 0 Å². The highest BCUT2D eigenvalue weighted by Crippen LogP contribution is 2.32. The molecule has 1 amide bonds. The average molecular weight is 307 g/mol. The molecule has 0 aliphatic carbocycles. The molecule has 22 heavy (non-hydrogen) atoms. The lowest BCUT2D eigenvalue weighted by molar-refractivity contribution is -0.143. The molecule has 0 aromatic heterocycles. The number of ether oxygens (including phenoxy) is 3. The topological polar surface area (TPSA) is 65.1 Å². The number of nitrogens with zero attached hydrogens (tertiary/aromatic N) is 1. The van der Waals surface area contributed by atoms with Crippen LogP contribution >= 0.6 is 0 Å². The molecule has 0 saturated heterocycles. The molecule has 1 aromatic rings. The van der Waals surface area contributed by atoms with E-state index in [0.717, 1.165) is 17.1 Å². The van der Waals surface area contributed by atoms with Crippen LogP contribution in [0.4, 0.5) is 0 Å². The molecule has 1 unspecified atom stereocenters. The smallest absolute Gasteiger partial charge is 0.302 e. The fourth-order valence-electron chi connectivity index (χ4n) is 2.50. The molecule has 6 nitrogen and oxygen atoms in total. The van der Waals surface area contributed by atoms with Crippen LogP contribution in [0.1, 0.15) is 26.3 Å². The maximum atomic E-state index is 11.8. The van der Waals surface area contributed by atoms with Crippen molar-refractivity contribution in [3.05, 3.63) is 23.8 Å². The molecule has 0 radical (unpaired) electrons. The zero-order chi connectivity index (χ0) is 16.1. The molecule has 0 spiro atoms. The van der Waals surface area contributed by atoms with Crippen LogP contribution in [0.25, 0.3) is 0 Å². The molecule has 1 aromatic carbocycles. The summed E-state index contributed by atoms with van der Waals surface area (Å²) in [5.74, 6) is 1.10. The van der Waals surface area contributed by atoms with Crippen LogP contribution in [0.15, 0.2) is 18.2 Å². The van der Waals surface area contributed by atoms with Crippen molar-refractivity contribution in [2.24, 2.45) is 0 Å². The second kappa shape index (κ2) is 7.15. The molecule has 0 saturated carbocycles. The largest absolute Gasteiger partial charge is 0.464 e. The molecule has 120 valence electrons. The van der Waals surface area contributed by atoms with E-state index in [4.69, 9.17) is 14.2 Å². The molecule has 1 aliphatic heterocycles. The lowest BCUT2D eigenvalue weighted by atomic mass is 10.1. The maximum Gasteiger partial charge on any atom is 0.302 e. The lowest BCUT2D eigenvalue weighted by Crippen LogP contribution is -2.40. The summed E-state index contributed by atoms with van der Waals surface area (Å²) in [5.41, 5.74) is 1.07. The van der Waals surface area contributed by atoms with E-state index in [1.54, 1.807) is 4.90 Å². The highest BCUT2D eigenvalue weighted by Gasteiger charge is 2.19. The van der Waals surface area contributed by atoms with Crippen molar-refractivity contribution >= 4 is 11.9 Å². The fraction of sp³-hybridized carbons (Fsp3) is 0.500. The first-order valence-corrected chi connectivity index (χ1v) is 7.26. The van der Waals surface area contributed by atoms with Gasteiger partial charge >= 0.3 is 5.97 Å². The predicted molar refractivity (Wildman–Crippen MR) is 79.8 cm³/mol. The van der Waals surface area contributed by atoms with Crippen LogP contribution in [0.5, 0.6) is 11.5 Å². The zero-order valence-corrected chi connectivity index (χ0v) is 13.1. The SMILES string of the molecule is CC(=O)OCCN(C(C)=O)C(C)Cc1ccc2c(c1)OCO2. The van der Waals surface area contributed by atoms with Gasteiger partial charge < -0.3 is 19.1 Å². The summed E-state index contributed by atoms with van der Waals surface area (Å²) in [6, 6.07) is 5.77. The Balaban J connectivity index is 1.96. The van der Waals surface area contributed by atoms with Crippen LogP contribution in [0.3, 0.4) is 0 Å². The molecular formula is C16H21NO5. The number of esters is 1. The Morgan fingerprint density at radius 1 is 1.27 bits per heavy atom. The van der Waals surface area contributed by atoms with E-state index in [-0.39, 0.29) is 31.3 Å². The lowest BCUT2D eigenvalue weighted by Gasteiger charge is -2.28. The number of carbonyl (C=O) groups is 2. The third kappa shape index (κ3) is 4.13. The van der Waals surface area contributed by atoms with Gasteiger partial charge in [0.25, 0.3) is 0 Å². The first kappa shape index (κ1) is 16.1. The number of hydrogen-bond donors (Lipinski definition) is 0. The summed E-state index contributed by atoms with van der Waals surface area (Å²) >= 11 is 0. The zero-order valence-electron chi connectivity index (χ0n) is 13.1. The number of amides is 1. The third-order valence-electron chi connectivity index (χ3n) is 3.54. The Kier molecular flexibility index (Phi) is 5.25. The molecule has 0 bridgehead atoms. The quantitative estimate of drug-likeness (QED) is 0.749. The first-order valence-electron chi connectivity index (χ1n) is 7.26. The Morgan fingerprint density at radius 3 is 2.68 bits per heavy atom. The van der Waals surface area contributed by atoms with Gasteiger partial charge in [0.15, 0.2) is 11.5 Å². The van der Waals surface area contributed by atoms with E-state index in [0.29, 0.717) is 13.0 Å². The number of benzene rings is 1. The van der Waals surface area contributed by atoms with Crippen LogP contribution in [0.2, 0.25) is 0 Å². The molecule has 0 N–H and O–H groups in total. The van der Waals surface area contributed by atoms with Gasteiger partial charge in [0, 0.05) is 19.9 Å². The van der Waals surface area contributed by atoms with Gasteiger partial charge in [-0.2, -0.15) is 0 Å². The van der Waals surface area contributed by atoms with Gasteiger partial charge in [0.1, 0.15) is 6.61 Å². The Labute approximate surface area is 129 Å². The number of carbonyl (C=O) groups excluding carboxylic acids is 2. The highest BCUT2D eigenvalue weighted by molar-refractivity contribution is 5.73. The monoisotopic (exact) mass is 307 g/mol. The van der Waals surface area contributed by atoms with Gasteiger partial charge in [0.05, 0.1) is 6.54 Å². The van der Waals surface area contributed by atoms with Crippen LogP contribution in [-0.2, 0) is 20.7 Å². The van der Waals surface area contributed by atoms with E-state index in [1.807, 2.05) is 25.1 Å². The van der Waals surface area contributed by atoms with Gasteiger partial charge in [-0.05, 0) is 31.0 Å². The van der Waals surface area contributed by atoms with Crippen molar-refractivity contribution in [3.8, 4) is 11.5 Å². The van der Waals surface area contributed by atoms with Crippen molar-refractivity contribution < 1.29 is 23.8 Å². The minimum Gasteiger partial charge on any atom is -0.464 e. The van der Waals surface area contributed by atoms with E-state index in [2.05, 4.69) is 0 Å². The van der Waals surface area contributed by atoms with E-state index >= 15 is 0 Å². The van der Waals surface area contributed by atoms with Crippen molar-refractivity contribution in [3.63, 3.8) is 0 Å². The molecule has 1 atom stereocenters. The van der Waals surface area contributed by atoms with E-state index in [9.17, 15) is 9.59 Å². The molecule has 6 heteroatoms. The van der Waals surface area contributed by atoms with E-state index < -0.39 is 0 Å². The minimum absolute atomic E-state index is 0.00608. The summed E-state index contributed by atoms with van der Waals surface area (Å²) in [6.07, 6.45) is 0.691. The molecule has 0 fully saturated rings. The number of rotatable bonds is 6. The predicted octanol–water partition coefficient (Wildman–Crippen LogP) is 1.76. The Bertz CT molecular complexity index is 557. The van der Waals surface area contributed by atoms with Gasteiger partial charge in [0.2, 0.25) is 12.7 Å². The Hall–Kier alpha value is -2.24. The van der Waals surface area contributed by atoms with Gasteiger partial charge in [-0.1, -0.05) is 6.07 Å². The normalized spacial score (nSPS) is 13.6. The molecular weight excluding hydrogens is 286 g/mol. The summed E-state index contributed by atoms with van der Waals surface area (Å²) < 4.78 is 15.6. The number of hydrogen-bond acceptors (Lipinski definition) is 5. The summed E-state index contributed by atoms with van der Waals surface area (Å²) in [4.78, 5) is 24.3.